The number of carboxylic acid groups (broad SMARTS) is 1. The maximum Gasteiger partial charge on any atom is 0.335 e. The second-order valence-electron chi connectivity index (χ2n) is 10.4. The average Bonchev–Trinajstić information content (AvgIpc) is 2.81. The van der Waals surface area contributed by atoms with Gasteiger partial charge in [0.15, 0.2) is 0 Å². The Bertz CT molecular complexity index is 1170. The van der Waals surface area contributed by atoms with E-state index in [9.17, 15) is 4.79 Å². The van der Waals surface area contributed by atoms with Gasteiger partial charge in [0.05, 0.1) is 10.6 Å². The molecule has 1 N–H and O–H groups in total. The minimum atomic E-state index is -0.904. The number of carboxylic acids is 1. The van der Waals surface area contributed by atoms with Crippen molar-refractivity contribution in [1.29, 1.82) is 0 Å². The number of aromatic carboxylic acids is 1. The summed E-state index contributed by atoms with van der Waals surface area (Å²) in [7, 11) is 0. The van der Waals surface area contributed by atoms with Gasteiger partial charge in [0.25, 0.3) is 0 Å². The SMILES string of the molecule is C=C/C=C\N=C(C)SCCc1cc2c(cc1/C=C/c1ccc(C(=O)O)cc1)C(C)(C)CCC2(C)C. The molecule has 0 fully saturated rings. The number of rotatable bonds is 8. The monoisotopic (exact) mass is 487 g/mol. The van der Waals surface area contributed by atoms with Crippen LogP contribution in [0.3, 0.4) is 0 Å². The molecule has 0 radical (unpaired) electrons. The van der Waals surface area contributed by atoms with Crippen LogP contribution in [0.15, 0.2) is 66.3 Å². The van der Waals surface area contributed by atoms with Crippen LogP contribution in [0.4, 0.5) is 0 Å². The minimum Gasteiger partial charge on any atom is -0.478 e. The van der Waals surface area contributed by atoms with Crippen LogP contribution in [0.25, 0.3) is 12.2 Å². The highest BCUT2D eigenvalue weighted by atomic mass is 32.2. The quantitative estimate of drug-likeness (QED) is 0.176. The molecule has 0 heterocycles. The van der Waals surface area contributed by atoms with Gasteiger partial charge in [0.1, 0.15) is 0 Å². The van der Waals surface area contributed by atoms with Crippen molar-refractivity contribution >= 4 is 34.9 Å². The molecule has 0 aliphatic heterocycles. The molecule has 0 saturated carbocycles. The Hall–Kier alpha value is -2.85. The van der Waals surface area contributed by atoms with E-state index in [0.717, 1.165) is 22.8 Å². The van der Waals surface area contributed by atoms with Gasteiger partial charge in [-0.1, -0.05) is 76.8 Å². The van der Waals surface area contributed by atoms with Gasteiger partial charge in [0, 0.05) is 12.0 Å². The van der Waals surface area contributed by atoms with E-state index in [1.165, 1.54) is 35.1 Å². The number of carbonyl (C=O) groups is 1. The van der Waals surface area contributed by atoms with Crippen molar-refractivity contribution in [3.63, 3.8) is 0 Å². The number of benzene rings is 2. The van der Waals surface area contributed by atoms with E-state index < -0.39 is 5.97 Å². The van der Waals surface area contributed by atoms with Gasteiger partial charge in [-0.2, -0.15) is 0 Å². The fraction of sp³-hybridized carbons (Fsp3) is 0.355. The topological polar surface area (TPSA) is 49.7 Å². The molecule has 2 aromatic rings. The Labute approximate surface area is 214 Å². The van der Waals surface area contributed by atoms with Crippen molar-refractivity contribution in [2.45, 2.75) is 64.7 Å². The van der Waals surface area contributed by atoms with Crippen molar-refractivity contribution < 1.29 is 9.90 Å². The first-order chi connectivity index (χ1) is 16.5. The first kappa shape index (κ1) is 26.7. The van der Waals surface area contributed by atoms with E-state index >= 15 is 0 Å². The maximum absolute atomic E-state index is 11.2. The molecule has 2 aromatic carbocycles. The fourth-order valence-corrected chi connectivity index (χ4v) is 5.28. The van der Waals surface area contributed by atoms with Crippen molar-refractivity contribution in [3.8, 4) is 0 Å². The average molecular weight is 488 g/mol. The lowest BCUT2D eigenvalue weighted by molar-refractivity contribution is 0.0697. The Morgan fingerprint density at radius 3 is 2.29 bits per heavy atom. The van der Waals surface area contributed by atoms with Crippen LogP contribution in [-0.2, 0) is 17.3 Å². The number of thioether (sulfide) groups is 1. The first-order valence-corrected chi connectivity index (χ1v) is 13.2. The third kappa shape index (κ3) is 6.85. The van der Waals surface area contributed by atoms with E-state index in [-0.39, 0.29) is 10.8 Å². The number of aliphatic imine (C=N–C) groups is 1. The molecule has 0 aromatic heterocycles. The lowest BCUT2D eigenvalue weighted by Crippen LogP contribution is -2.34. The van der Waals surface area contributed by atoms with Crippen LogP contribution in [0, 0.1) is 0 Å². The maximum atomic E-state index is 11.2. The Morgan fingerprint density at radius 1 is 1.06 bits per heavy atom. The number of allylic oxidation sites excluding steroid dienone is 2. The smallest absolute Gasteiger partial charge is 0.335 e. The highest BCUT2D eigenvalue weighted by Crippen LogP contribution is 2.46. The summed E-state index contributed by atoms with van der Waals surface area (Å²) in [5, 5.41) is 10.2. The molecule has 1 aliphatic carbocycles. The number of aryl methyl sites for hydroxylation is 1. The largest absolute Gasteiger partial charge is 0.478 e. The van der Waals surface area contributed by atoms with E-state index in [4.69, 9.17) is 5.11 Å². The summed E-state index contributed by atoms with van der Waals surface area (Å²) in [5.41, 5.74) is 7.09. The summed E-state index contributed by atoms with van der Waals surface area (Å²) in [6.07, 6.45) is 12.9. The molecule has 0 atom stereocenters. The summed E-state index contributed by atoms with van der Waals surface area (Å²) in [5.74, 6) is 0.0484. The summed E-state index contributed by atoms with van der Waals surface area (Å²) < 4.78 is 0. The second-order valence-corrected chi connectivity index (χ2v) is 11.7. The summed E-state index contributed by atoms with van der Waals surface area (Å²) in [4.78, 5) is 15.6. The van der Waals surface area contributed by atoms with Crippen LogP contribution in [0.1, 0.15) is 85.6 Å². The van der Waals surface area contributed by atoms with E-state index in [2.05, 4.69) is 63.6 Å². The van der Waals surface area contributed by atoms with Crippen LogP contribution < -0.4 is 0 Å². The zero-order valence-electron chi connectivity index (χ0n) is 21.6. The minimum absolute atomic E-state index is 0.143. The molecule has 1 aliphatic rings. The first-order valence-electron chi connectivity index (χ1n) is 12.2. The number of nitrogens with zero attached hydrogens (tertiary/aromatic N) is 1. The molecule has 3 rings (SSSR count). The molecule has 3 nitrogen and oxygen atoms in total. The summed E-state index contributed by atoms with van der Waals surface area (Å²) >= 11 is 1.77. The molecule has 184 valence electrons. The van der Waals surface area contributed by atoms with Crippen LogP contribution in [0.2, 0.25) is 0 Å². The normalized spacial score (nSPS) is 17.0. The molecule has 0 amide bonds. The molecular weight excluding hydrogens is 450 g/mol. The van der Waals surface area contributed by atoms with Gasteiger partial charge in [-0.05, 0) is 83.0 Å². The Morgan fingerprint density at radius 2 is 1.69 bits per heavy atom. The third-order valence-corrected chi connectivity index (χ3v) is 7.82. The molecule has 0 saturated heterocycles. The molecule has 0 bridgehead atoms. The standard InChI is InChI=1S/C31H37NO2S/c1-7-8-18-32-22(2)35-19-15-26-21-28-27(30(3,4)16-17-31(28,5)6)20-25(26)14-11-23-9-12-24(13-10-23)29(33)34/h7-14,18,20-21H,1,15-17,19H2,2-6H3,(H,33,34)/b14-11+,18-8-,32-22?. The molecular formula is C31H37NO2S. The molecule has 35 heavy (non-hydrogen) atoms. The highest BCUT2D eigenvalue weighted by molar-refractivity contribution is 8.13. The van der Waals surface area contributed by atoms with Gasteiger partial charge in [-0.15, -0.1) is 11.8 Å². The lowest BCUT2D eigenvalue weighted by atomic mass is 9.62. The van der Waals surface area contributed by atoms with Crippen molar-refractivity contribution in [1.82, 2.24) is 0 Å². The van der Waals surface area contributed by atoms with Gasteiger partial charge in [-0.25, -0.2) is 4.79 Å². The predicted octanol–water partition coefficient (Wildman–Crippen LogP) is 8.30. The predicted molar refractivity (Wildman–Crippen MR) is 153 cm³/mol. The van der Waals surface area contributed by atoms with Crippen molar-refractivity contribution in [2.75, 3.05) is 5.75 Å². The molecule has 4 heteroatoms. The zero-order valence-corrected chi connectivity index (χ0v) is 22.4. The van der Waals surface area contributed by atoms with Crippen molar-refractivity contribution in [3.05, 3.63) is 94.7 Å². The van der Waals surface area contributed by atoms with Gasteiger partial charge < -0.3 is 5.11 Å². The molecule has 0 spiro atoms. The molecule has 0 unspecified atom stereocenters. The lowest BCUT2D eigenvalue weighted by Gasteiger charge is -2.42. The summed E-state index contributed by atoms with van der Waals surface area (Å²) in [6.45, 7) is 15.2. The highest BCUT2D eigenvalue weighted by Gasteiger charge is 2.37. The number of hydrogen-bond acceptors (Lipinski definition) is 3. The third-order valence-electron chi connectivity index (χ3n) is 6.89. The van der Waals surface area contributed by atoms with Gasteiger partial charge >= 0.3 is 5.97 Å². The Kier molecular flexibility index (Phi) is 8.60. The van der Waals surface area contributed by atoms with Gasteiger partial charge in [-0.3, -0.25) is 4.99 Å². The van der Waals surface area contributed by atoms with E-state index in [1.807, 2.05) is 25.1 Å². The van der Waals surface area contributed by atoms with E-state index in [0.29, 0.717) is 5.56 Å². The van der Waals surface area contributed by atoms with Gasteiger partial charge in [0.2, 0.25) is 0 Å². The zero-order chi connectivity index (χ0) is 25.6. The number of fused-ring (bicyclic) bond motifs is 1. The van der Waals surface area contributed by atoms with Crippen molar-refractivity contribution in [2.24, 2.45) is 4.99 Å². The fourth-order valence-electron chi connectivity index (χ4n) is 4.52. The second kappa shape index (κ2) is 11.3. The van der Waals surface area contributed by atoms with E-state index in [1.54, 1.807) is 36.2 Å². The summed E-state index contributed by atoms with van der Waals surface area (Å²) in [6, 6.07) is 11.9. The van der Waals surface area contributed by atoms with Crippen LogP contribution in [0.5, 0.6) is 0 Å². The van der Waals surface area contributed by atoms with Crippen LogP contribution >= 0.6 is 11.8 Å². The number of hydrogen-bond donors (Lipinski definition) is 1. The van der Waals surface area contributed by atoms with Crippen LogP contribution in [-0.4, -0.2) is 21.9 Å². The Balaban J connectivity index is 1.95.